The Morgan fingerprint density at radius 2 is 2.32 bits per heavy atom. The molecule has 0 radical (unpaired) electrons. The average molecular weight is 270 g/mol. The third-order valence-corrected chi connectivity index (χ3v) is 4.39. The van der Waals surface area contributed by atoms with Crippen LogP contribution in [0.3, 0.4) is 0 Å². The molecule has 2 aromatic heterocycles. The third kappa shape index (κ3) is 2.59. The summed E-state index contributed by atoms with van der Waals surface area (Å²) in [5.41, 5.74) is 1.57. The fourth-order valence-electron chi connectivity index (χ4n) is 2.49. The molecule has 0 amide bonds. The van der Waals surface area contributed by atoms with Crippen LogP contribution in [0, 0.1) is 11.3 Å². The molecular formula is C14H14N4S. The summed E-state index contributed by atoms with van der Waals surface area (Å²) in [7, 11) is 0. The SMILES string of the molecule is N#Cc1ccc(N2CCCC(c3nccs3)C2)cn1. The van der Waals surface area contributed by atoms with Gasteiger partial charge in [0.1, 0.15) is 11.8 Å². The van der Waals surface area contributed by atoms with E-state index in [1.807, 2.05) is 17.6 Å². The fraction of sp³-hybridized carbons (Fsp3) is 0.357. The van der Waals surface area contributed by atoms with E-state index in [0.29, 0.717) is 11.6 Å². The summed E-state index contributed by atoms with van der Waals surface area (Å²) in [5, 5.41) is 12.0. The maximum absolute atomic E-state index is 8.77. The van der Waals surface area contributed by atoms with E-state index in [1.165, 1.54) is 17.8 Å². The quantitative estimate of drug-likeness (QED) is 0.842. The zero-order valence-corrected chi connectivity index (χ0v) is 11.3. The minimum absolute atomic E-state index is 0.470. The molecule has 0 saturated carbocycles. The highest BCUT2D eigenvalue weighted by Gasteiger charge is 2.23. The van der Waals surface area contributed by atoms with Crippen molar-refractivity contribution in [1.82, 2.24) is 9.97 Å². The van der Waals surface area contributed by atoms with E-state index >= 15 is 0 Å². The molecule has 1 atom stereocenters. The summed E-state index contributed by atoms with van der Waals surface area (Å²) in [6.45, 7) is 2.04. The van der Waals surface area contributed by atoms with Crippen LogP contribution in [-0.4, -0.2) is 23.1 Å². The van der Waals surface area contributed by atoms with Gasteiger partial charge in [0.2, 0.25) is 0 Å². The maximum Gasteiger partial charge on any atom is 0.140 e. The van der Waals surface area contributed by atoms with E-state index in [0.717, 1.165) is 18.8 Å². The van der Waals surface area contributed by atoms with E-state index in [9.17, 15) is 0 Å². The van der Waals surface area contributed by atoms with Crippen LogP contribution >= 0.6 is 11.3 Å². The second kappa shape index (κ2) is 5.37. The Balaban J connectivity index is 1.76. The highest BCUT2D eigenvalue weighted by Crippen LogP contribution is 2.30. The molecule has 4 nitrogen and oxygen atoms in total. The molecule has 1 aliphatic heterocycles. The van der Waals surface area contributed by atoms with Crippen molar-refractivity contribution in [3.63, 3.8) is 0 Å². The lowest BCUT2D eigenvalue weighted by Crippen LogP contribution is -2.34. The van der Waals surface area contributed by atoms with Gasteiger partial charge in [0, 0.05) is 30.6 Å². The Morgan fingerprint density at radius 1 is 1.37 bits per heavy atom. The summed E-state index contributed by atoms with van der Waals surface area (Å²) < 4.78 is 0. The lowest BCUT2D eigenvalue weighted by atomic mass is 9.98. The molecule has 3 rings (SSSR count). The minimum atomic E-state index is 0.470. The first-order valence-electron chi connectivity index (χ1n) is 6.37. The van der Waals surface area contributed by atoms with Crippen LogP contribution in [0.2, 0.25) is 0 Å². The number of thiazole rings is 1. The van der Waals surface area contributed by atoms with Crippen molar-refractivity contribution < 1.29 is 0 Å². The molecule has 1 unspecified atom stereocenters. The topological polar surface area (TPSA) is 52.8 Å². The molecule has 0 aromatic carbocycles. The Bertz CT molecular complexity index is 570. The summed E-state index contributed by atoms with van der Waals surface area (Å²) in [5.74, 6) is 0.518. The number of piperidine rings is 1. The molecule has 19 heavy (non-hydrogen) atoms. The molecule has 96 valence electrons. The van der Waals surface area contributed by atoms with Crippen molar-refractivity contribution in [3.05, 3.63) is 40.6 Å². The summed E-state index contributed by atoms with van der Waals surface area (Å²) in [4.78, 5) is 10.9. The highest BCUT2D eigenvalue weighted by atomic mass is 32.1. The molecule has 1 saturated heterocycles. The van der Waals surface area contributed by atoms with Crippen molar-refractivity contribution in [3.8, 4) is 6.07 Å². The van der Waals surface area contributed by atoms with E-state index in [-0.39, 0.29) is 0 Å². The largest absolute Gasteiger partial charge is 0.370 e. The first-order valence-corrected chi connectivity index (χ1v) is 7.25. The van der Waals surface area contributed by atoms with Gasteiger partial charge in [0.15, 0.2) is 0 Å². The smallest absolute Gasteiger partial charge is 0.140 e. The van der Waals surface area contributed by atoms with E-state index < -0.39 is 0 Å². The van der Waals surface area contributed by atoms with Gasteiger partial charge in [0.25, 0.3) is 0 Å². The predicted molar refractivity (Wildman–Crippen MR) is 75.3 cm³/mol. The molecule has 1 aliphatic rings. The highest BCUT2D eigenvalue weighted by molar-refractivity contribution is 7.09. The number of nitrogens with zero attached hydrogens (tertiary/aromatic N) is 4. The van der Waals surface area contributed by atoms with Crippen LogP contribution in [0.5, 0.6) is 0 Å². The monoisotopic (exact) mass is 270 g/mol. The van der Waals surface area contributed by atoms with Gasteiger partial charge in [-0.05, 0) is 25.0 Å². The molecule has 1 fully saturated rings. The number of rotatable bonds is 2. The molecule has 0 N–H and O–H groups in total. The van der Waals surface area contributed by atoms with Gasteiger partial charge < -0.3 is 4.90 Å². The van der Waals surface area contributed by atoms with E-state index in [2.05, 4.69) is 20.9 Å². The van der Waals surface area contributed by atoms with Crippen LogP contribution in [0.4, 0.5) is 5.69 Å². The van der Waals surface area contributed by atoms with Crippen LogP contribution in [0.25, 0.3) is 0 Å². The Morgan fingerprint density at radius 3 is 3.00 bits per heavy atom. The Hall–Kier alpha value is -1.93. The first-order chi connectivity index (χ1) is 9.36. The van der Waals surface area contributed by atoms with Crippen LogP contribution in [-0.2, 0) is 0 Å². The number of aromatic nitrogens is 2. The number of pyridine rings is 1. The Kier molecular flexibility index (Phi) is 3.43. The van der Waals surface area contributed by atoms with Gasteiger partial charge in [-0.3, -0.25) is 0 Å². The number of nitriles is 1. The van der Waals surface area contributed by atoms with Gasteiger partial charge in [0.05, 0.1) is 16.9 Å². The second-order valence-electron chi connectivity index (χ2n) is 4.67. The first kappa shape index (κ1) is 12.1. The van der Waals surface area contributed by atoms with E-state index in [1.54, 1.807) is 23.6 Å². The second-order valence-corrected chi connectivity index (χ2v) is 5.60. The predicted octanol–water partition coefficient (Wildman–Crippen LogP) is 2.79. The molecule has 0 spiro atoms. The number of hydrogen-bond acceptors (Lipinski definition) is 5. The lowest BCUT2D eigenvalue weighted by molar-refractivity contribution is 0.508. The van der Waals surface area contributed by atoms with Gasteiger partial charge >= 0.3 is 0 Å². The standard InChI is InChI=1S/C14H14N4S/c15-8-12-3-4-13(9-17-12)18-6-1-2-11(10-18)14-16-5-7-19-14/h3-5,7,9,11H,1-2,6,10H2. The van der Waals surface area contributed by atoms with Crippen LogP contribution in [0.15, 0.2) is 29.9 Å². The molecule has 2 aromatic rings. The van der Waals surface area contributed by atoms with Crippen molar-refractivity contribution in [2.75, 3.05) is 18.0 Å². The normalized spacial score (nSPS) is 19.1. The van der Waals surface area contributed by atoms with Gasteiger partial charge in [-0.1, -0.05) is 0 Å². The molecule has 5 heteroatoms. The van der Waals surface area contributed by atoms with Crippen molar-refractivity contribution in [1.29, 1.82) is 5.26 Å². The van der Waals surface area contributed by atoms with Crippen LogP contribution < -0.4 is 4.90 Å². The minimum Gasteiger partial charge on any atom is -0.370 e. The lowest BCUT2D eigenvalue weighted by Gasteiger charge is -2.33. The van der Waals surface area contributed by atoms with E-state index in [4.69, 9.17) is 5.26 Å². The molecule has 3 heterocycles. The maximum atomic E-state index is 8.77. The summed E-state index contributed by atoms with van der Waals surface area (Å²) in [6, 6.07) is 5.81. The van der Waals surface area contributed by atoms with Crippen LogP contribution in [0.1, 0.15) is 29.5 Å². The zero-order chi connectivity index (χ0) is 13.1. The molecular weight excluding hydrogens is 256 g/mol. The molecule has 0 bridgehead atoms. The van der Waals surface area contributed by atoms with Crippen molar-refractivity contribution in [2.45, 2.75) is 18.8 Å². The zero-order valence-electron chi connectivity index (χ0n) is 10.5. The number of hydrogen-bond donors (Lipinski definition) is 0. The third-order valence-electron chi connectivity index (χ3n) is 3.45. The summed E-state index contributed by atoms with van der Waals surface area (Å²) in [6.07, 6.45) is 6.04. The van der Waals surface area contributed by atoms with Gasteiger partial charge in [-0.25, -0.2) is 9.97 Å². The molecule has 0 aliphatic carbocycles. The Labute approximate surface area is 116 Å². The number of anilines is 1. The fourth-order valence-corrected chi connectivity index (χ4v) is 3.26. The van der Waals surface area contributed by atoms with Gasteiger partial charge in [-0.15, -0.1) is 11.3 Å². The van der Waals surface area contributed by atoms with Gasteiger partial charge in [-0.2, -0.15) is 5.26 Å². The van der Waals surface area contributed by atoms with Crippen molar-refractivity contribution in [2.24, 2.45) is 0 Å². The average Bonchev–Trinajstić information content (AvgIpc) is 3.02. The summed E-state index contributed by atoms with van der Waals surface area (Å²) >= 11 is 1.74. The van der Waals surface area contributed by atoms with Crippen molar-refractivity contribution >= 4 is 17.0 Å².